The van der Waals surface area contributed by atoms with Crippen LogP contribution in [0.15, 0.2) is 11.8 Å². The fourth-order valence-electron chi connectivity index (χ4n) is 7.37. The highest BCUT2D eigenvalue weighted by Gasteiger charge is 2.64. The van der Waals surface area contributed by atoms with Gasteiger partial charge in [-0.25, -0.2) is 0 Å². The van der Waals surface area contributed by atoms with Crippen molar-refractivity contribution in [1.29, 1.82) is 0 Å². The van der Waals surface area contributed by atoms with E-state index >= 15 is 0 Å². The lowest BCUT2D eigenvalue weighted by Crippen LogP contribution is -2.61. The number of aliphatic hydroxyl groups excluding tert-OH is 2. The van der Waals surface area contributed by atoms with Crippen LogP contribution in [0.2, 0.25) is 0 Å². The van der Waals surface area contributed by atoms with Gasteiger partial charge in [-0.1, -0.05) is 19.9 Å². The number of carbonyl (C=O) groups excluding carboxylic acids is 1. The van der Waals surface area contributed by atoms with Crippen LogP contribution in [0, 0.1) is 40.4 Å². The maximum atomic E-state index is 12.7. The quantitative estimate of drug-likeness (QED) is 0.510. The van der Waals surface area contributed by atoms with Gasteiger partial charge in [-0.05, 0) is 75.0 Å². The molecule has 30 heavy (non-hydrogen) atoms. The van der Waals surface area contributed by atoms with E-state index in [1.54, 1.807) is 0 Å². The van der Waals surface area contributed by atoms with Crippen molar-refractivity contribution in [2.24, 2.45) is 46.2 Å². The third-order valence-electron chi connectivity index (χ3n) is 9.42. The third kappa shape index (κ3) is 3.26. The molecule has 0 aromatic heterocycles. The summed E-state index contributed by atoms with van der Waals surface area (Å²) in [5.41, 5.74) is 9.17. The van der Waals surface area contributed by atoms with E-state index in [1.165, 1.54) is 0 Å². The second-order valence-electron chi connectivity index (χ2n) is 11.4. The molecule has 0 amide bonds. The number of Topliss-reactive ketones (excluding diaryl/α,β-unsaturated/α-hetero) is 1. The van der Waals surface area contributed by atoms with Gasteiger partial charge < -0.3 is 15.9 Å². The Morgan fingerprint density at radius 3 is 2.63 bits per heavy atom. The molecule has 8 atom stereocenters. The van der Waals surface area contributed by atoms with E-state index in [0.717, 1.165) is 37.8 Å². The van der Waals surface area contributed by atoms with E-state index in [1.807, 2.05) is 13.8 Å². The SMILES string of the molecule is CC(C)(CN)ONC1=CC2[C@@H](CO)[C@@H](O)[C@@H]3[C@H](CC[C@]4(C)C(=O)CC[C@@H]34)[C@@]2(C)CC1. The Hall–Kier alpha value is -0.950. The number of ketones is 1. The van der Waals surface area contributed by atoms with Gasteiger partial charge >= 0.3 is 0 Å². The Labute approximate surface area is 180 Å². The third-order valence-corrected chi connectivity index (χ3v) is 9.42. The minimum absolute atomic E-state index is 0.0127. The largest absolute Gasteiger partial charge is 0.396 e. The van der Waals surface area contributed by atoms with Gasteiger partial charge in [0.1, 0.15) is 11.4 Å². The standard InChI is InChI=1S/C24H40N2O4/c1-22(2,13-25)30-26-14-7-9-23(3)17-8-10-24(4)16(5-6-19(24)28)20(17)21(29)15(12-27)18(23)11-14/h11,15-18,20-21,26-27,29H,5-10,12-13,25H2,1-4H3/t15-,16+,17+,18?,20+,21-,23-,24+/m1/s1. The van der Waals surface area contributed by atoms with Gasteiger partial charge in [0.05, 0.1) is 6.10 Å². The molecule has 0 heterocycles. The molecule has 3 fully saturated rings. The number of nitrogens with two attached hydrogens (primary N) is 1. The predicted molar refractivity (Wildman–Crippen MR) is 115 cm³/mol. The van der Waals surface area contributed by atoms with E-state index in [0.29, 0.717) is 24.7 Å². The fraction of sp³-hybridized carbons (Fsp3) is 0.875. The molecule has 1 unspecified atom stereocenters. The van der Waals surface area contributed by atoms with E-state index in [4.69, 9.17) is 10.6 Å². The van der Waals surface area contributed by atoms with Crippen LogP contribution >= 0.6 is 0 Å². The first-order valence-corrected chi connectivity index (χ1v) is 11.7. The van der Waals surface area contributed by atoms with Crippen LogP contribution in [0.4, 0.5) is 0 Å². The number of hydroxylamine groups is 1. The summed E-state index contributed by atoms with van der Waals surface area (Å²) >= 11 is 0. The maximum absolute atomic E-state index is 12.7. The van der Waals surface area contributed by atoms with Crippen molar-refractivity contribution in [2.75, 3.05) is 13.2 Å². The van der Waals surface area contributed by atoms with Gasteiger partial charge in [0, 0.05) is 36.6 Å². The number of hydrogen-bond donors (Lipinski definition) is 4. The molecule has 3 saturated carbocycles. The molecule has 6 nitrogen and oxygen atoms in total. The number of rotatable bonds is 5. The Morgan fingerprint density at radius 2 is 1.97 bits per heavy atom. The number of aliphatic hydroxyl groups is 2. The average Bonchev–Trinajstić information content (AvgIpc) is 3.02. The van der Waals surface area contributed by atoms with Crippen molar-refractivity contribution >= 4 is 5.78 Å². The molecule has 0 saturated heterocycles. The molecule has 0 bridgehead atoms. The van der Waals surface area contributed by atoms with Gasteiger partial charge in [0.2, 0.25) is 0 Å². The summed E-state index contributed by atoms with van der Waals surface area (Å²) < 4.78 is 0. The summed E-state index contributed by atoms with van der Waals surface area (Å²) in [6.07, 6.45) is 6.93. The normalized spacial score (nSPS) is 46.0. The highest BCUT2D eigenvalue weighted by molar-refractivity contribution is 5.87. The summed E-state index contributed by atoms with van der Waals surface area (Å²) in [7, 11) is 0. The van der Waals surface area contributed by atoms with Crippen LogP contribution in [0.3, 0.4) is 0 Å². The molecule has 0 aromatic rings. The van der Waals surface area contributed by atoms with E-state index in [9.17, 15) is 15.0 Å². The summed E-state index contributed by atoms with van der Waals surface area (Å²) in [4.78, 5) is 18.5. The smallest absolute Gasteiger partial charge is 0.139 e. The summed E-state index contributed by atoms with van der Waals surface area (Å²) in [5, 5.41) is 21.8. The molecule has 170 valence electrons. The predicted octanol–water partition coefficient (Wildman–Crippen LogP) is 2.54. The van der Waals surface area contributed by atoms with E-state index in [-0.39, 0.29) is 41.1 Å². The minimum Gasteiger partial charge on any atom is -0.396 e. The Kier molecular flexibility index (Phi) is 5.62. The minimum atomic E-state index is -0.578. The summed E-state index contributed by atoms with van der Waals surface area (Å²) in [6, 6.07) is 0. The molecule has 6 heteroatoms. The molecule has 4 aliphatic carbocycles. The average molecular weight is 421 g/mol. The molecule has 4 aliphatic rings. The second kappa shape index (κ2) is 7.58. The van der Waals surface area contributed by atoms with Gasteiger partial charge in [0.25, 0.3) is 0 Å². The first-order chi connectivity index (χ1) is 14.1. The Balaban J connectivity index is 1.63. The summed E-state index contributed by atoms with van der Waals surface area (Å²) in [5.74, 6) is 0.964. The maximum Gasteiger partial charge on any atom is 0.139 e. The van der Waals surface area contributed by atoms with Gasteiger partial charge in [-0.3, -0.25) is 15.1 Å². The zero-order chi connectivity index (χ0) is 21.9. The molecule has 0 radical (unpaired) electrons. The molecule has 4 rings (SSSR count). The number of carbonyl (C=O) groups is 1. The number of fused-ring (bicyclic) bond motifs is 5. The Morgan fingerprint density at radius 1 is 1.23 bits per heavy atom. The molecular formula is C24H40N2O4. The highest BCUT2D eigenvalue weighted by Crippen LogP contribution is 2.66. The van der Waals surface area contributed by atoms with Crippen LogP contribution in [0.1, 0.15) is 66.2 Å². The van der Waals surface area contributed by atoms with Gasteiger partial charge in [0.15, 0.2) is 0 Å². The van der Waals surface area contributed by atoms with Crippen molar-refractivity contribution in [3.05, 3.63) is 11.8 Å². The lowest BCUT2D eigenvalue weighted by atomic mass is 9.43. The monoisotopic (exact) mass is 420 g/mol. The van der Waals surface area contributed by atoms with E-state index < -0.39 is 11.7 Å². The Bertz CT molecular complexity index is 722. The topological polar surface area (TPSA) is 105 Å². The molecule has 0 spiro atoms. The van der Waals surface area contributed by atoms with Crippen molar-refractivity contribution in [1.82, 2.24) is 5.48 Å². The van der Waals surface area contributed by atoms with Crippen molar-refractivity contribution in [3.63, 3.8) is 0 Å². The molecule has 0 aromatic carbocycles. The zero-order valence-electron chi connectivity index (χ0n) is 19.0. The van der Waals surface area contributed by atoms with Crippen molar-refractivity contribution < 1.29 is 19.8 Å². The molecular weight excluding hydrogens is 380 g/mol. The van der Waals surface area contributed by atoms with Crippen molar-refractivity contribution in [3.8, 4) is 0 Å². The van der Waals surface area contributed by atoms with Crippen LogP contribution in [0.5, 0.6) is 0 Å². The van der Waals surface area contributed by atoms with Crippen LogP contribution < -0.4 is 11.2 Å². The number of hydrogen-bond acceptors (Lipinski definition) is 6. The molecule has 5 N–H and O–H groups in total. The van der Waals surface area contributed by atoms with Crippen molar-refractivity contribution in [2.45, 2.75) is 77.9 Å². The van der Waals surface area contributed by atoms with Crippen LogP contribution in [-0.2, 0) is 9.63 Å². The number of nitrogens with one attached hydrogen (secondary N) is 1. The lowest BCUT2D eigenvalue weighted by molar-refractivity contribution is -0.181. The van der Waals surface area contributed by atoms with Crippen LogP contribution in [0.25, 0.3) is 0 Å². The first-order valence-electron chi connectivity index (χ1n) is 11.7. The van der Waals surface area contributed by atoms with Gasteiger partial charge in [-0.15, -0.1) is 0 Å². The first kappa shape index (κ1) is 22.3. The van der Waals surface area contributed by atoms with Gasteiger partial charge in [-0.2, -0.15) is 0 Å². The highest BCUT2D eigenvalue weighted by atomic mass is 16.7. The van der Waals surface area contributed by atoms with E-state index in [2.05, 4.69) is 25.4 Å². The zero-order valence-corrected chi connectivity index (χ0v) is 19.0. The summed E-state index contributed by atoms with van der Waals surface area (Å²) in [6.45, 7) is 8.73. The second-order valence-corrected chi connectivity index (χ2v) is 11.4. The van der Waals surface area contributed by atoms with Crippen LogP contribution in [-0.4, -0.2) is 40.9 Å². The fourth-order valence-corrected chi connectivity index (χ4v) is 7.37. The lowest BCUT2D eigenvalue weighted by Gasteiger charge is -2.62. The molecule has 0 aliphatic heterocycles. The number of allylic oxidation sites excluding steroid dienone is 2.